The minimum atomic E-state index is -6.16. The number of amides is 5. The number of thioether (sulfide) groups is 1. The molecule has 6 atom stereocenters. The van der Waals surface area contributed by atoms with Crippen LogP contribution in [0.15, 0.2) is 136 Å². The minimum absolute atomic E-state index is 0.0212. The van der Waals surface area contributed by atoms with Gasteiger partial charge in [-0.25, -0.2) is 21.6 Å². The third-order valence-electron chi connectivity index (χ3n) is 21.9. The van der Waals surface area contributed by atoms with Gasteiger partial charge in [0.05, 0.1) is 35.9 Å². The molecule has 4 heterocycles. The Morgan fingerprint density at radius 1 is 0.802 bits per heavy atom. The van der Waals surface area contributed by atoms with Gasteiger partial charge in [-0.15, -0.1) is 11.8 Å². The number of anilines is 2. The van der Waals surface area contributed by atoms with Crippen molar-refractivity contribution in [1.29, 1.82) is 0 Å². The van der Waals surface area contributed by atoms with Gasteiger partial charge < -0.3 is 45.4 Å². The molecule has 0 bridgehead atoms. The molecule has 2 aliphatic carbocycles. The maximum absolute atomic E-state index is 14.6. The Bertz CT molecular complexity index is 4210. The van der Waals surface area contributed by atoms with Gasteiger partial charge >= 0.3 is 5.51 Å². The number of carbonyl (C=O) groups is 5. The summed E-state index contributed by atoms with van der Waals surface area (Å²) >= 11 is 7.65. The number of unbranched alkanes of at least 4 members (excludes halogenated alkanes) is 2. The van der Waals surface area contributed by atoms with E-state index in [0.717, 1.165) is 118 Å². The zero-order valence-electron chi connectivity index (χ0n) is 61.4. The smallest absolute Gasteiger partial charge is 0.494 e. The fourth-order valence-electron chi connectivity index (χ4n) is 15.7. The first kappa shape index (κ1) is 79.8. The summed E-state index contributed by atoms with van der Waals surface area (Å²) in [6, 6.07) is 29.2. The fourth-order valence-corrected chi connectivity index (χ4v) is 18.8. The van der Waals surface area contributed by atoms with Crippen LogP contribution in [0.5, 0.6) is 5.75 Å². The van der Waals surface area contributed by atoms with Crippen molar-refractivity contribution in [2.75, 3.05) is 82.0 Å². The summed E-state index contributed by atoms with van der Waals surface area (Å²) in [5.41, 5.74) is 0.425. The molecule has 574 valence electrons. The summed E-state index contributed by atoms with van der Waals surface area (Å²) in [6.07, 6.45) is 11.5. The molecular weight excluding hydrogens is 1440 g/mol. The van der Waals surface area contributed by atoms with Gasteiger partial charge in [-0.1, -0.05) is 81.3 Å². The summed E-state index contributed by atoms with van der Waals surface area (Å²) in [5.74, 6) is -0.415. The predicted molar refractivity (Wildman–Crippen MR) is 407 cm³/mol. The number of alkyl halides is 3. The Labute approximate surface area is 631 Å². The second kappa shape index (κ2) is 34.6. The average molecular weight is 1540 g/mol. The molecule has 4 aliphatic heterocycles. The number of piperazine rings is 1. The molecule has 0 aromatic heterocycles. The number of hydrogen-bond acceptors (Lipinski definition) is 16. The van der Waals surface area contributed by atoms with Gasteiger partial charge in [-0.05, 0) is 222 Å². The van der Waals surface area contributed by atoms with E-state index in [9.17, 15) is 54.0 Å². The van der Waals surface area contributed by atoms with Gasteiger partial charge in [0, 0.05) is 91.6 Å². The zero-order chi connectivity index (χ0) is 75.7. The Kier molecular flexibility index (Phi) is 26.0. The van der Waals surface area contributed by atoms with Crippen molar-refractivity contribution < 1.29 is 63.5 Å². The topological polar surface area (TPSA) is 245 Å². The van der Waals surface area contributed by atoms with Gasteiger partial charge in [0.25, 0.3) is 25.8 Å². The monoisotopic (exact) mass is 1540 g/mol. The maximum Gasteiger partial charge on any atom is 0.501 e. The molecule has 4 fully saturated rings. The highest BCUT2D eigenvalue weighted by Gasteiger charge is 2.55. The van der Waals surface area contributed by atoms with E-state index < -0.39 is 82.6 Å². The van der Waals surface area contributed by atoms with E-state index in [-0.39, 0.29) is 53.0 Å². The molecular formula is C79H101ClF3N9O11S3. The van der Waals surface area contributed by atoms with E-state index in [2.05, 4.69) is 57.0 Å². The number of nitrogens with zero attached hydrogens (tertiary/aromatic N) is 4. The Morgan fingerprint density at radius 3 is 2.24 bits per heavy atom. The highest BCUT2D eigenvalue weighted by atomic mass is 35.5. The Morgan fingerprint density at radius 2 is 1.53 bits per heavy atom. The van der Waals surface area contributed by atoms with Crippen molar-refractivity contribution in [1.82, 2.24) is 35.4 Å². The molecule has 11 rings (SSSR count). The lowest BCUT2D eigenvalue weighted by Gasteiger charge is -2.38. The highest BCUT2D eigenvalue weighted by Crippen LogP contribution is 2.47. The molecule has 5 aromatic rings. The number of carbonyl (C=O) groups excluding carboxylic acids is 5. The molecule has 0 spiro atoms. The van der Waals surface area contributed by atoms with Gasteiger partial charge in [0.15, 0.2) is 0 Å². The molecule has 6 aliphatic rings. The molecule has 0 radical (unpaired) electrons. The van der Waals surface area contributed by atoms with Crippen LogP contribution in [0, 0.1) is 16.7 Å². The first-order valence-electron chi connectivity index (χ1n) is 37.2. The zero-order valence-corrected chi connectivity index (χ0v) is 64.6. The number of aryl methyl sites for hydroxylation is 1. The number of sulfonamides is 1. The van der Waals surface area contributed by atoms with E-state index in [0.29, 0.717) is 94.2 Å². The SMILES string of the molecule is CN[C@@H](C)C(=O)N[C@H]1CCO[C@H]2CC(C)(C)[C@@H](C(=O)N[C@@H]3CCCc4cc(OCCCCCC(=O)N5CCN(CC[C@@H](CSc6ccccc6)Nc6ccc(S(=O)(=O)NC(=O)c7ccc(N8CCC(CC9=C(c%10ccc(Cl)cc%10)CCC(C)(C)C9)CC8)cc7)cc6S(=O)(=O)C(F)(F)F)CC5)ccc43)N2C1=O. The molecule has 5 N–H and O–H groups in total. The van der Waals surface area contributed by atoms with Gasteiger partial charge in [-0.3, -0.25) is 28.9 Å². The second-order valence-electron chi connectivity index (χ2n) is 30.6. The average Bonchev–Trinajstić information content (AvgIpc) is 1.56. The van der Waals surface area contributed by atoms with Crippen molar-refractivity contribution in [3.05, 3.63) is 148 Å². The lowest BCUT2D eigenvalue weighted by Crippen LogP contribution is -2.58. The normalized spacial score (nSPS) is 21.5. The molecule has 0 unspecified atom stereocenters. The van der Waals surface area contributed by atoms with Crippen LogP contribution in [0.3, 0.4) is 0 Å². The summed E-state index contributed by atoms with van der Waals surface area (Å²) in [7, 11) is -9.42. The first-order valence-corrected chi connectivity index (χ1v) is 41.5. The van der Waals surface area contributed by atoms with Crippen LogP contribution in [-0.4, -0.2) is 169 Å². The predicted octanol–water partition coefficient (Wildman–Crippen LogP) is 12.7. The number of sulfone groups is 1. The number of hydrogen-bond donors (Lipinski definition) is 5. The largest absolute Gasteiger partial charge is 0.501 e. The van der Waals surface area contributed by atoms with Gasteiger partial charge in [0.2, 0.25) is 23.6 Å². The first-order chi connectivity index (χ1) is 50.4. The van der Waals surface area contributed by atoms with Crippen LogP contribution >= 0.6 is 23.4 Å². The van der Waals surface area contributed by atoms with Crippen LogP contribution in [-0.2, 0) is 50.2 Å². The highest BCUT2D eigenvalue weighted by molar-refractivity contribution is 7.99. The summed E-state index contributed by atoms with van der Waals surface area (Å²) in [5, 5.41) is 12.8. The molecule has 20 nitrogen and oxygen atoms in total. The molecule has 5 amide bonds. The van der Waals surface area contributed by atoms with Crippen LogP contribution < -0.4 is 35.6 Å². The van der Waals surface area contributed by atoms with E-state index in [1.165, 1.54) is 40.6 Å². The Balaban J connectivity index is 0.640. The number of fused-ring (bicyclic) bond motifs is 2. The number of piperidine rings is 1. The summed E-state index contributed by atoms with van der Waals surface area (Å²) in [4.78, 5) is 74.8. The van der Waals surface area contributed by atoms with Gasteiger partial charge in [-0.2, -0.15) is 13.2 Å². The van der Waals surface area contributed by atoms with Crippen molar-refractivity contribution in [2.24, 2.45) is 16.7 Å². The van der Waals surface area contributed by atoms with Crippen molar-refractivity contribution in [3.8, 4) is 5.75 Å². The molecule has 0 saturated carbocycles. The van der Waals surface area contributed by atoms with Crippen molar-refractivity contribution in [3.63, 3.8) is 0 Å². The van der Waals surface area contributed by atoms with E-state index in [4.69, 9.17) is 21.1 Å². The number of rotatable bonds is 28. The van der Waals surface area contributed by atoms with Crippen LogP contribution in [0.4, 0.5) is 24.5 Å². The third-order valence-corrected chi connectivity index (χ3v) is 26.2. The van der Waals surface area contributed by atoms with Gasteiger partial charge in [0.1, 0.15) is 29.0 Å². The maximum atomic E-state index is 14.6. The summed E-state index contributed by atoms with van der Waals surface area (Å²) < 4.78 is 113. The number of ether oxygens (including phenoxy) is 2. The molecule has 4 saturated heterocycles. The number of allylic oxidation sites excluding steroid dienone is 2. The lowest BCUT2D eigenvalue weighted by atomic mass is 9.70. The molecule has 106 heavy (non-hydrogen) atoms. The second-order valence-corrected chi connectivity index (χ2v) is 35.8. The van der Waals surface area contributed by atoms with E-state index >= 15 is 0 Å². The van der Waals surface area contributed by atoms with Crippen molar-refractivity contribution in [2.45, 2.75) is 194 Å². The fraction of sp³-hybridized carbons (Fsp3) is 0.532. The number of likely N-dealkylation sites (N-methyl/N-ethyl adjacent to an activating group) is 1. The number of nitrogens with one attached hydrogen (secondary N) is 5. The standard InChI is InChI=1S/C79H101ClF3N9O11S3/c1-52(84-6)73(94)87-68-35-45-103-71-50-78(4,5)72(92(71)76(68)97)75(96)86-66-17-13-14-56-47-61(27-29-65(56)66)102-44-12-8-11-18-70(93)91-42-40-89(41-43-91)37-34-59(51-104-62-15-9-7-10-16-62)85-67-30-28-63(48-69(67)105(98,99)79(81,82)83)106(100,101)88-74(95)55-21-25-60(26-22-55)90-38-32-53(33-39-90)46-57-49-77(2,3)36-31-64(57)54-19-23-58(80)24-20-54/h7,9-10,15-16,19-30,47-48,52-53,59,66,68,71-72,84-85H,8,11-14,17-18,31-46,49-51H2,1-6H3,(H,86,96)(H,87,94)(H,88,95)/t52-,59-,66+,68-,71-,72+/m0/s1. The molecule has 27 heteroatoms. The van der Waals surface area contributed by atoms with Crippen molar-refractivity contribution >= 4 is 89.7 Å². The Hall–Kier alpha value is -7.20. The quantitative estimate of drug-likeness (QED) is 0.0231. The van der Waals surface area contributed by atoms with E-state index in [1.807, 2.05) is 84.1 Å². The van der Waals surface area contributed by atoms with E-state index in [1.54, 1.807) is 31.0 Å². The van der Waals surface area contributed by atoms with Crippen LogP contribution in [0.25, 0.3) is 5.57 Å². The third kappa shape index (κ3) is 19.8. The molecule has 5 aromatic carbocycles. The summed E-state index contributed by atoms with van der Waals surface area (Å²) in [6.45, 7) is 15.0. The minimum Gasteiger partial charge on any atom is -0.494 e. The van der Waals surface area contributed by atoms with Crippen LogP contribution in [0.2, 0.25) is 5.02 Å². The number of halogens is 4. The van der Waals surface area contributed by atoms with Crippen LogP contribution in [0.1, 0.15) is 164 Å². The lowest BCUT2D eigenvalue weighted by molar-refractivity contribution is -0.150. The number of benzene rings is 5.